The van der Waals surface area contributed by atoms with Gasteiger partial charge in [-0.25, -0.2) is 0 Å². The van der Waals surface area contributed by atoms with Crippen molar-refractivity contribution in [2.45, 2.75) is 90.6 Å². The highest BCUT2D eigenvalue weighted by Crippen LogP contribution is 2.64. The van der Waals surface area contributed by atoms with Crippen LogP contribution in [0.25, 0.3) is 0 Å². The fourth-order valence-corrected chi connectivity index (χ4v) is 7.55. The molecule has 3 fully saturated rings. The van der Waals surface area contributed by atoms with E-state index in [9.17, 15) is 19.2 Å². The van der Waals surface area contributed by atoms with Gasteiger partial charge in [0.05, 0.1) is 18.9 Å². The third kappa shape index (κ3) is 5.00. The molecule has 8 nitrogen and oxygen atoms in total. The van der Waals surface area contributed by atoms with E-state index in [0.29, 0.717) is 24.5 Å². The number of allylic oxidation sites excluding steroid dienone is 1. The predicted octanol–water partition coefficient (Wildman–Crippen LogP) is 4.38. The monoisotopic (exact) mass is 552 g/mol. The minimum absolute atomic E-state index is 0.0141. The highest BCUT2D eigenvalue weighted by molar-refractivity contribution is 6.03. The highest BCUT2D eigenvalue weighted by atomic mass is 16.6. The lowest BCUT2D eigenvalue weighted by atomic mass is 9.74. The molecule has 1 aromatic carbocycles. The molecular weight excluding hydrogens is 512 g/mol. The number of hydrogen-bond donors (Lipinski definition) is 0. The summed E-state index contributed by atoms with van der Waals surface area (Å²) in [6.07, 6.45) is 1.85. The molecule has 1 spiro atoms. The van der Waals surface area contributed by atoms with Crippen LogP contribution in [0.1, 0.15) is 66.4 Å². The number of ketones is 1. The number of hydrogen-bond acceptors (Lipinski definition) is 8. The standard InChI is InChI=1S/C32H40O8/c1-18-14-24-23(30(24,5)6)12-13-31(17-37-31)29(38-20(3)33)26-27(39-25(35)15-22-10-8-7-9-11-22)19(2)16-32(26,28(18)36)40-21(4)34/h7-11,14,19,23-24,26-27,29H,12-13,15-17H2,1-6H3/b18-14+/t19-,23-,24-,26+,27-,29-,31-,32-/m1/s1. The van der Waals surface area contributed by atoms with Crippen molar-refractivity contribution in [3.8, 4) is 0 Å². The fraction of sp³-hybridized carbons (Fsp3) is 0.625. The first-order valence-electron chi connectivity index (χ1n) is 14.3. The van der Waals surface area contributed by atoms with E-state index in [-0.39, 0.29) is 35.9 Å². The first-order valence-corrected chi connectivity index (χ1v) is 14.3. The summed E-state index contributed by atoms with van der Waals surface area (Å²) in [4.78, 5) is 52.9. The Kier molecular flexibility index (Phi) is 7.22. The molecule has 0 unspecified atom stereocenters. The molecule has 1 aliphatic heterocycles. The van der Waals surface area contributed by atoms with Crippen LogP contribution in [0.15, 0.2) is 42.0 Å². The van der Waals surface area contributed by atoms with E-state index in [1.54, 1.807) is 6.92 Å². The molecule has 0 bridgehead atoms. The molecule has 0 aromatic heterocycles. The third-order valence-corrected chi connectivity index (χ3v) is 9.71. The zero-order chi connectivity index (χ0) is 29.0. The number of benzene rings is 1. The van der Waals surface area contributed by atoms with E-state index < -0.39 is 47.2 Å². The summed E-state index contributed by atoms with van der Waals surface area (Å²) < 4.78 is 24.2. The topological polar surface area (TPSA) is 108 Å². The molecular formula is C32H40O8. The molecule has 0 amide bonds. The summed E-state index contributed by atoms with van der Waals surface area (Å²) in [5, 5.41) is 0. The number of carbonyl (C=O) groups is 4. The van der Waals surface area contributed by atoms with Crippen molar-refractivity contribution in [3.63, 3.8) is 0 Å². The summed E-state index contributed by atoms with van der Waals surface area (Å²) in [5.74, 6) is -2.72. The van der Waals surface area contributed by atoms with E-state index in [4.69, 9.17) is 18.9 Å². The van der Waals surface area contributed by atoms with Gasteiger partial charge in [0.15, 0.2) is 5.60 Å². The van der Waals surface area contributed by atoms with Gasteiger partial charge in [0.1, 0.15) is 17.8 Å². The van der Waals surface area contributed by atoms with Crippen LogP contribution in [0.2, 0.25) is 0 Å². The molecule has 40 heavy (non-hydrogen) atoms. The quantitative estimate of drug-likeness (QED) is 0.301. The van der Waals surface area contributed by atoms with Crippen molar-refractivity contribution in [1.82, 2.24) is 0 Å². The average Bonchev–Trinajstić information content (AvgIpc) is 3.73. The summed E-state index contributed by atoms with van der Waals surface area (Å²) in [5.41, 5.74) is -1.22. The van der Waals surface area contributed by atoms with Gasteiger partial charge in [-0.1, -0.05) is 57.2 Å². The van der Waals surface area contributed by atoms with Crippen LogP contribution in [0.5, 0.6) is 0 Å². The van der Waals surface area contributed by atoms with Gasteiger partial charge in [-0.05, 0) is 54.1 Å². The Hall–Kier alpha value is -3.00. The van der Waals surface area contributed by atoms with Gasteiger partial charge in [-0.3, -0.25) is 19.2 Å². The molecule has 1 aromatic rings. The number of Topliss-reactive ketones (excluding diaryl/α,β-unsaturated/α-hetero) is 1. The van der Waals surface area contributed by atoms with Crippen LogP contribution in [0.4, 0.5) is 0 Å². The summed E-state index contributed by atoms with van der Waals surface area (Å²) >= 11 is 0. The minimum atomic E-state index is -1.68. The maximum absolute atomic E-state index is 14.5. The first-order chi connectivity index (χ1) is 18.8. The molecule has 0 radical (unpaired) electrons. The highest BCUT2D eigenvalue weighted by Gasteiger charge is 2.71. The van der Waals surface area contributed by atoms with E-state index in [2.05, 4.69) is 13.8 Å². The Labute approximate surface area is 235 Å². The molecule has 4 aliphatic rings. The van der Waals surface area contributed by atoms with Crippen LogP contribution in [-0.4, -0.2) is 53.7 Å². The van der Waals surface area contributed by atoms with E-state index in [0.717, 1.165) is 12.0 Å². The zero-order valence-corrected chi connectivity index (χ0v) is 24.2. The van der Waals surface area contributed by atoms with Crippen molar-refractivity contribution >= 4 is 23.7 Å². The minimum Gasteiger partial charge on any atom is -0.461 e. The second-order valence-electron chi connectivity index (χ2n) is 12.9. The Balaban J connectivity index is 1.61. The SMILES string of the molecule is CC(=O)O[C@@H]1[C@@H]2[C@H](OC(=O)Cc3ccccc3)[C@H](C)C[C@]2(OC(C)=O)C(=O)/C(C)=C/[C@@H]2[C@@H](CC[C@@]13CO3)C2(C)C. The lowest BCUT2D eigenvalue weighted by Gasteiger charge is -2.41. The summed E-state index contributed by atoms with van der Waals surface area (Å²) in [7, 11) is 0. The normalized spacial score (nSPS) is 39.0. The predicted molar refractivity (Wildman–Crippen MR) is 145 cm³/mol. The summed E-state index contributed by atoms with van der Waals surface area (Å²) in [6, 6.07) is 9.25. The molecule has 2 saturated carbocycles. The second-order valence-corrected chi connectivity index (χ2v) is 12.9. The zero-order valence-electron chi connectivity index (χ0n) is 24.2. The molecule has 1 saturated heterocycles. The van der Waals surface area contributed by atoms with Crippen molar-refractivity contribution in [2.75, 3.05) is 6.61 Å². The first kappa shape index (κ1) is 28.5. The molecule has 8 heteroatoms. The van der Waals surface area contributed by atoms with Crippen molar-refractivity contribution in [3.05, 3.63) is 47.5 Å². The average molecular weight is 553 g/mol. The van der Waals surface area contributed by atoms with Crippen molar-refractivity contribution in [1.29, 1.82) is 0 Å². The van der Waals surface area contributed by atoms with Gasteiger partial charge in [0.2, 0.25) is 5.78 Å². The molecule has 1 heterocycles. The smallest absolute Gasteiger partial charge is 0.310 e. The number of ether oxygens (including phenoxy) is 4. The van der Waals surface area contributed by atoms with Gasteiger partial charge in [-0.2, -0.15) is 0 Å². The van der Waals surface area contributed by atoms with Gasteiger partial charge in [0.25, 0.3) is 0 Å². The van der Waals surface area contributed by atoms with Crippen LogP contribution in [-0.2, 0) is 44.5 Å². The van der Waals surface area contributed by atoms with Crippen molar-refractivity contribution < 1.29 is 38.1 Å². The van der Waals surface area contributed by atoms with Gasteiger partial charge in [-0.15, -0.1) is 0 Å². The van der Waals surface area contributed by atoms with Crippen LogP contribution in [0, 0.1) is 29.1 Å². The number of epoxide rings is 1. The Morgan fingerprint density at radius 3 is 2.33 bits per heavy atom. The van der Waals surface area contributed by atoms with E-state index >= 15 is 0 Å². The lowest BCUT2D eigenvalue weighted by molar-refractivity contribution is -0.190. The lowest BCUT2D eigenvalue weighted by Crippen LogP contribution is -2.58. The van der Waals surface area contributed by atoms with Gasteiger partial charge >= 0.3 is 17.9 Å². The Morgan fingerprint density at radius 2 is 1.73 bits per heavy atom. The fourth-order valence-electron chi connectivity index (χ4n) is 7.55. The molecule has 5 rings (SSSR count). The van der Waals surface area contributed by atoms with Gasteiger partial charge < -0.3 is 18.9 Å². The molecule has 0 N–H and O–H groups in total. The van der Waals surface area contributed by atoms with Crippen LogP contribution in [0.3, 0.4) is 0 Å². The van der Waals surface area contributed by atoms with E-state index in [1.807, 2.05) is 43.3 Å². The second kappa shape index (κ2) is 10.1. The number of fused-ring (bicyclic) bond motifs is 2. The van der Waals surface area contributed by atoms with Crippen LogP contribution < -0.4 is 0 Å². The van der Waals surface area contributed by atoms with Gasteiger partial charge in [0, 0.05) is 20.3 Å². The summed E-state index contributed by atoms with van der Waals surface area (Å²) in [6.45, 7) is 11.0. The maximum Gasteiger partial charge on any atom is 0.310 e. The number of rotatable bonds is 5. The number of carbonyl (C=O) groups excluding carboxylic acids is 4. The number of esters is 3. The van der Waals surface area contributed by atoms with E-state index in [1.165, 1.54) is 13.8 Å². The molecule has 216 valence electrons. The third-order valence-electron chi connectivity index (χ3n) is 9.71. The Bertz CT molecular complexity index is 1230. The largest absolute Gasteiger partial charge is 0.461 e. The molecule has 8 atom stereocenters. The Morgan fingerprint density at radius 1 is 1.05 bits per heavy atom. The van der Waals surface area contributed by atoms with Crippen LogP contribution >= 0.6 is 0 Å². The van der Waals surface area contributed by atoms with Crippen molar-refractivity contribution in [2.24, 2.45) is 29.1 Å². The maximum atomic E-state index is 14.5. The molecule has 3 aliphatic carbocycles.